The lowest BCUT2D eigenvalue weighted by Crippen LogP contribution is -2.14. The van der Waals surface area contributed by atoms with Gasteiger partial charge >= 0.3 is 0 Å². The van der Waals surface area contributed by atoms with Gasteiger partial charge in [0.2, 0.25) is 0 Å². The van der Waals surface area contributed by atoms with Crippen molar-refractivity contribution in [2.75, 3.05) is 16.4 Å². The molecule has 3 aromatic rings. The molecule has 1 amide bonds. The molecule has 0 bridgehead atoms. The molecule has 1 atom stereocenters. The van der Waals surface area contributed by atoms with Gasteiger partial charge < -0.3 is 10.6 Å². The van der Waals surface area contributed by atoms with Crippen molar-refractivity contribution in [1.29, 1.82) is 10.5 Å². The summed E-state index contributed by atoms with van der Waals surface area (Å²) in [5.74, 6) is 0.531. The van der Waals surface area contributed by atoms with E-state index in [9.17, 15) is 10.1 Å². The molecule has 1 unspecified atom stereocenters. The van der Waals surface area contributed by atoms with E-state index in [1.165, 1.54) is 12.1 Å². The second-order valence-electron chi connectivity index (χ2n) is 7.13. The molecule has 8 heteroatoms. The standard InChI is InChI=1S/C24H18N6OS/c1-15-2-3-17(23(31)28-20-5-4-18(12-25)19(10-20)13-26)11-21(15)29-24-30-22(14-32-24)16-6-8-27-9-7-16/h2-11,22H,14H2,1H3,(H,28,31)(H,29,30). The Labute approximate surface area is 189 Å². The molecule has 1 aliphatic heterocycles. The zero-order valence-corrected chi connectivity index (χ0v) is 18.0. The molecule has 7 nitrogen and oxygen atoms in total. The molecule has 1 aromatic heterocycles. The molecule has 2 heterocycles. The van der Waals surface area contributed by atoms with Crippen LogP contribution >= 0.6 is 11.8 Å². The topological polar surface area (TPSA) is 114 Å². The number of anilines is 2. The maximum atomic E-state index is 12.8. The minimum Gasteiger partial charge on any atom is -0.335 e. The molecule has 0 saturated heterocycles. The average molecular weight is 439 g/mol. The van der Waals surface area contributed by atoms with Gasteiger partial charge in [-0.3, -0.25) is 14.8 Å². The molecule has 4 rings (SSSR count). The fourth-order valence-electron chi connectivity index (χ4n) is 3.23. The van der Waals surface area contributed by atoms with Crippen molar-refractivity contribution in [1.82, 2.24) is 4.98 Å². The third-order valence-corrected chi connectivity index (χ3v) is 5.96. The zero-order valence-electron chi connectivity index (χ0n) is 17.2. The number of aliphatic imine (C=N–C) groups is 1. The molecule has 0 fully saturated rings. The van der Waals surface area contributed by atoms with Crippen LogP contribution in [0.2, 0.25) is 0 Å². The SMILES string of the molecule is Cc1ccc(C(=O)Nc2ccc(C#N)c(C#N)c2)cc1NC1=NC(c2ccncc2)CS1. The van der Waals surface area contributed by atoms with E-state index in [0.717, 1.165) is 27.7 Å². The predicted octanol–water partition coefficient (Wildman–Crippen LogP) is 4.64. The number of hydrogen-bond donors (Lipinski definition) is 2. The first kappa shape index (κ1) is 21.1. The van der Waals surface area contributed by atoms with E-state index in [1.807, 2.05) is 37.3 Å². The molecule has 156 valence electrons. The number of nitrogens with zero attached hydrogens (tertiary/aromatic N) is 4. The van der Waals surface area contributed by atoms with Crippen LogP contribution in [0.1, 0.15) is 38.7 Å². The van der Waals surface area contributed by atoms with E-state index in [-0.39, 0.29) is 23.1 Å². The lowest BCUT2D eigenvalue weighted by Gasteiger charge is -2.12. The first-order chi connectivity index (χ1) is 15.6. The smallest absolute Gasteiger partial charge is 0.255 e. The third-order valence-electron chi connectivity index (χ3n) is 5.00. The highest BCUT2D eigenvalue weighted by Gasteiger charge is 2.20. The first-order valence-electron chi connectivity index (χ1n) is 9.81. The monoisotopic (exact) mass is 438 g/mol. The number of aromatic nitrogens is 1. The third kappa shape index (κ3) is 4.61. The van der Waals surface area contributed by atoms with Crippen molar-refractivity contribution in [3.05, 3.63) is 88.7 Å². The van der Waals surface area contributed by atoms with E-state index in [2.05, 4.69) is 15.6 Å². The fraction of sp³-hybridized carbons (Fsp3) is 0.125. The van der Waals surface area contributed by atoms with Gasteiger partial charge in [0.25, 0.3) is 5.91 Å². The number of benzene rings is 2. The van der Waals surface area contributed by atoms with Crippen LogP contribution in [0, 0.1) is 29.6 Å². The Balaban J connectivity index is 1.50. The summed E-state index contributed by atoms with van der Waals surface area (Å²) >= 11 is 1.63. The van der Waals surface area contributed by atoms with Crippen molar-refractivity contribution in [2.24, 2.45) is 4.99 Å². The Bertz CT molecular complexity index is 1290. The second kappa shape index (κ2) is 9.34. The number of nitriles is 2. The summed E-state index contributed by atoms with van der Waals surface area (Å²) in [4.78, 5) is 21.6. The number of amidine groups is 1. The van der Waals surface area contributed by atoms with Crippen LogP contribution in [-0.2, 0) is 0 Å². The number of rotatable bonds is 4. The first-order valence-corrected chi connectivity index (χ1v) is 10.8. The molecule has 0 saturated carbocycles. The van der Waals surface area contributed by atoms with Gasteiger partial charge in [-0.25, -0.2) is 0 Å². The highest BCUT2D eigenvalue weighted by Crippen LogP contribution is 2.31. The Morgan fingerprint density at radius 1 is 1.06 bits per heavy atom. The lowest BCUT2D eigenvalue weighted by molar-refractivity contribution is 0.102. The van der Waals surface area contributed by atoms with Crippen LogP contribution in [-0.4, -0.2) is 21.8 Å². The van der Waals surface area contributed by atoms with Gasteiger partial charge in [0.1, 0.15) is 12.1 Å². The highest BCUT2D eigenvalue weighted by atomic mass is 32.2. The molecule has 0 aliphatic carbocycles. The number of amides is 1. The minimum atomic E-state index is -0.308. The Morgan fingerprint density at radius 3 is 2.59 bits per heavy atom. The minimum absolute atomic E-state index is 0.0722. The van der Waals surface area contributed by atoms with E-state index >= 15 is 0 Å². The number of nitrogens with one attached hydrogen (secondary N) is 2. The van der Waals surface area contributed by atoms with Crippen LogP contribution in [0.15, 0.2) is 65.9 Å². The highest BCUT2D eigenvalue weighted by molar-refractivity contribution is 8.14. The van der Waals surface area contributed by atoms with Crippen molar-refractivity contribution >= 4 is 34.2 Å². The maximum Gasteiger partial charge on any atom is 0.255 e. The van der Waals surface area contributed by atoms with Crippen molar-refractivity contribution < 1.29 is 4.79 Å². The number of hydrogen-bond acceptors (Lipinski definition) is 7. The molecule has 2 N–H and O–H groups in total. The van der Waals surface area contributed by atoms with Gasteiger partial charge in [0, 0.05) is 35.1 Å². The van der Waals surface area contributed by atoms with Crippen LogP contribution in [0.5, 0.6) is 0 Å². The Morgan fingerprint density at radius 2 is 1.84 bits per heavy atom. The van der Waals surface area contributed by atoms with Gasteiger partial charge in [-0.2, -0.15) is 10.5 Å². The molecular weight excluding hydrogens is 420 g/mol. The van der Waals surface area contributed by atoms with Crippen LogP contribution in [0.4, 0.5) is 11.4 Å². The Kier molecular flexibility index (Phi) is 6.16. The number of aryl methyl sites for hydroxylation is 1. The normalized spacial score (nSPS) is 14.7. The molecule has 1 aliphatic rings. The molecular formula is C24H18N6OS. The number of carbonyl (C=O) groups is 1. The summed E-state index contributed by atoms with van der Waals surface area (Å²) in [7, 11) is 0. The van der Waals surface area contributed by atoms with Crippen LogP contribution in [0.25, 0.3) is 0 Å². The Hall–Kier alpha value is -4.14. The zero-order chi connectivity index (χ0) is 22.5. The van der Waals surface area contributed by atoms with Gasteiger partial charge in [0.05, 0.1) is 17.2 Å². The molecule has 0 spiro atoms. The van der Waals surface area contributed by atoms with Gasteiger partial charge in [-0.05, 0) is 60.5 Å². The maximum absolute atomic E-state index is 12.8. The van der Waals surface area contributed by atoms with E-state index < -0.39 is 0 Å². The summed E-state index contributed by atoms with van der Waals surface area (Å²) in [6, 6.07) is 17.9. The molecule has 2 aromatic carbocycles. The van der Waals surface area contributed by atoms with E-state index in [4.69, 9.17) is 10.3 Å². The van der Waals surface area contributed by atoms with E-state index in [1.54, 1.807) is 42.4 Å². The van der Waals surface area contributed by atoms with Gasteiger partial charge in [0.15, 0.2) is 5.17 Å². The quantitative estimate of drug-likeness (QED) is 0.613. The summed E-state index contributed by atoms with van der Waals surface area (Å²) < 4.78 is 0. The summed E-state index contributed by atoms with van der Waals surface area (Å²) in [6.07, 6.45) is 3.53. The second-order valence-corrected chi connectivity index (χ2v) is 8.14. The number of carbonyl (C=O) groups excluding carboxylic acids is 1. The predicted molar refractivity (Wildman–Crippen MR) is 125 cm³/mol. The van der Waals surface area contributed by atoms with Crippen molar-refractivity contribution in [2.45, 2.75) is 13.0 Å². The number of thioether (sulfide) groups is 1. The number of pyridine rings is 1. The molecule has 0 radical (unpaired) electrons. The largest absolute Gasteiger partial charge is 0.335 e. The van der Waals surface area contributed by atoms with Crippen molar-refractivity contribution in [3.63, 3.8) is 0 Å². The summed E-state index contributed by atoms with van der Waals surface area (Å²) in [5, 5.41) is 25.2. The van der Waals surface area contributed by atoms with Crippen molar-refractivity contribution in [3.8, 4) is 12.1 Å². The molecule has 32 heavy (non-hydrogen) atoms. The van der Waals surface area contributed by atoms with E-state index in [0.29, 0.717) is 11.3 Å². The average Bonchev–Trinajstić information content (AvgIpc) is 3.29. The van der Waals surface area contributed by atoms with Gasteiger partial charge in [-0.15, -0.1) is 0 Å². The lowest BCUT2D eigenvalue weighted by atomic mass is 10.1. The van der Waals surface area contributed by atoms with Crippen LogP contribution < -0.4 is 10.6 Å². The van der Waals surface area contributed by atoms with Gasteiger partial charge in [-0.1, -0.05) is 17.8 Å². The summed E-state index contributed by atoms with van der Waals surface area (Å²) in [6.45, 7) is 1.96. The fourth-order valence-corrected chi connectivity index (χ4v) is 4.19. The van der Waals surface area contributed by atoms with Crippen LogP contribution in [0.3, 0.4) is 0 Å². The summed E-state index contributed by atoms with van der Waals surface area (Å²) in [5.41, 5.74) is 4.32.